The minimum atomic E-state index is -0.965. The highest BCUT2D eigenvalue weighted by Crippen LogP contribution is 2.32. The van der Waals surface area contributed by atoms with E-state index in [1.807, 2.05) is 6.08 Å². The Bertz CT molecular complexity index is 932. The van der Waals surface area contributed by atoms with Gasteiger partial charge in [-0.3, -0.25) is 4.79 Å². The molecule has 1 aliphatic heterocycles. The molecule has 0 aliphatic carbocycles. The Morgan fingerprint density at radius 3 is 2.52 bits per heavy atom. The van der Waals surface area contributed by atoms with Crippen LogP contribution in [0.25, 0.3) is 5.57 Å². The third-order valence-corrected chi connectivity index (χ3v) is 4.18. The minimum absolute atomic E-state index is 0.210. The number of methoxy groups -OCH3 is 1. The molecular formula is C20H18N2O5. The van der Waals surface area contributed by atoms with Crippen LogP contribution < -0.4 is 10.6 Å². The van der Waals surface area contributed by atoms with Crippen LogP contribution in [0.5, 0.6) is 0 Å². The molecule has 0 aromatic heterocycles. The predicted octanol–water partition coefficient (Wildman–Crippen LogP) is 3.01. The van der Waals surface area contributed by atoms with Crippen LogP contribution in [-0.2, 0) is 9.53 Å². The van der Waals surface area contributed by atoms with E-state index in [1.165, 1.54) is 19.2 Å². The Labute approximate surface area is 155 Å². The number of carbonyl (C=O) groups is 3. The predicted molar refractivity (Wildman–Crippen MR) is 101 cm³/mol. The monoisotopic (exact) mass is 366 g/mol. The number of benzene rings is 2. The Hall–Kier alpha value is -3.61. The van der Waals surface area contributed by atoms with Crippen LogP contribution in [0.1, 0.15) is 32.7 Å². The summed E-state index contributed by atoms with van der Waals surface area (Å²) in [5, 5.41) is 14.8. The van der Waals surface area contributed by atoms with Crippen LogP contribution >= 0.6 is 0 Å². The number of hydrogen-bond donors (Lipinski definition) is 3. The van der Waals surface area contributed by atoms with E-state index in [-0.39, 0.29) is 11.5 Å². The Kier molecular flexibility index (Phi) is 5.21. The van der Waals surface area contributed by atoms with Crippen molar-refractivity contribution in [2.45, 2.75) is 6.42 Å². The molecule has 7 nitrogen and oxygen atoms in total. The number of hydrogen-bond acceptors (Lipinski definition) is 5. The number of amides is 1. The summed E-state index contributed by atoms with van der Waals surface area (Å²) in [6.45, 7) is 0.582. The van der Waals surface area contributed by atoms with E-state index >= 15 is 0 Å². The fourth-order valence-corrected chi connectivity index (χ4v) is 2.81. The zero-order chi connectivity index (χ0) is 19.4. The molecule has 0 saturated heterocycles. The number of carbonyl (C=O) groups excluding carboxylic acids is 2. The van der Waals surface area contributed by atoms with Gasteiger partial charge in [0.1, 0.15) is 0 Å². The van der Waals surface area contributed by atoms with Crippen LogP contribution in [0.3, 0.4) is 0 Å². The highest BCUT2D eigenvalue weighted by Gasteiger charge is 2.24. The van der Waals surface area contributed by atoms with Crippen molar-refractivity contribution in [1.82, 2.24) is 0 Å². The van der Waals surface area contributed by atoms with Crippen molar-refractivity contribution < 1.29 is 24.2 Å². The summed E-state index contributed by atoms with van der Waals surface area (Å²) in [5.74, 6) is -1.63. The molecule has 3 rings (SSSR count). The van der Waals surface area contributed by atoms with Crippen molar-refractivity contribution in [2.24, 2.45) is 0 Å². The molecule has 0 atom stereocenters. The number of nitrogens with one attached hydrogen (secondary N) is 2. The van der Waals surface area contributed by atoms with Crippen molar-refractivity contribution >= 4 is 34.8 Å². The van der Waals surface area contributed by atoms with Crippen molar-refractivity contribution in [1.29, 1.82) is 0 Å². The molecular weight excluding hydrogens is 348 g/mol. The van der Waals surface area contributed by atoms with Gasteiger partial charge in [0.15, 0.2) is 0 Å². The van der Waals surface area contributed by atoms with Gasteiger partial charge in [-0.25, -0.2) is 9.59 Å². The van der Waals surface area contributed by atoms with Gasteiger partial charge in [0, 0.05) is 29.1 Å². The number of fused-ring (bicyclic) bond motifs is 1. The lowest BCUT2D eigenvalue weighted by molar-refractivity contribution is -0.110. The first-order valence-electron chi connectivity index (χ1n) is 8.31. The van der Waals surface area contributed by atoms with Crippen LogP contribution in [-0.4, -0.2) is 36.6 Å². The number of anilines is 2. The van der Waals surface area contributed by atoms with E-state index in [9.17, 15) is 14.4 Å². The zero-order valence-electron chi connectivity index (χ0n) is 14.6. The lowest BCUT2D eigenvalue weighted by Crippen LogP contribution is -2.05. The number of ether oxygens (including phenoxy) is 1. The Morgan fingerprint density at radius 1 is 1.15 bits per heavy atom. The van der Waals surface area contributed by atoms with Gasteiger partial charge in [-0.05, 0) is 42.8 Å². The molecule has 0 spiro atoms. The first kappa shape index (κ1) is 18.2. The summed E-state index contributed by atoms with van der Waals surface area (Å²) in [6.07, 6.45) is 2.43. The highest BCUT2D eigenvalue weighted by atomic mass is 16.5. The third-order valence-electron chi connectivity index (χ3n) is 4.18. The average molecular weight is 366 g/mol. The number of rotatable bonds is 6. The van der Waals surface area contributed by atoms with Crippen LogP contribution in [0.4, 0.5) is 11.4 Å². The minimum Gasteiger partial charge on any atom is -0.478 e. The average Bonchev–Trinajstić information content (AvgIpc) is 2.99. The van der Waals surface area contributed by atoms with E-state index in [2.05, 4.69) is 15.4 Å². The number of carboxylic acids is 1. The molecule has 0 unspecified atom stereocenters. The second-order valence-corrected chi connectivity index (χ2v) is 5.92. The molecule has 2 aromatic carbocycles. The fourth-order valence-electron chi connectivity index (χ4n) is 2.81. The van der Waals surface area contributed by atoms with E-state index in [1.54, 1.807) is 30.3 Å². The van der Waals surface area contributed by atoms with Crippen LogP contribution in [0.15, 0.2) is 48.5 Å². The highest BCUT2D eigenvalue weighted by molar-refractivity contribution is 6.31. The second-order valence-electron chi connectivity index (χ2n) is 5.92. The van der Waals surface area contributed by atoms with Gasteiger partial charge in [0.25, 0.3) is 5.91 Å². The molecule has 3 N–H and O–H groups in total. The summed E-state index contributed by atoms with van der Waals surface area (Å²) in [7, 11) is 1.31. The normalized spacial score (nSPS) is 13.8. The van der Waals surface area contributed by atoms with Crippen LogP contribution in [0.2, 0.25) is 0 Å². The van der Waals surface area contributed by atoms with E-state index in [0.29, 0.717) is 29.8 Å². The van der Waals surface area contributed by atoms with Crippen molar-refractivity contribution in [2.75, 3.05) is 24.3 Å². The Balaban J connectivity index is 1.64. The standard InChI is InChI=1S/C20H18N2O5/c1-27-20(26)13-6-9-15-16(18(23)22-17(15)11-13)3-2-10-21-14-7-4-12(5-8-14)19(24)25/h3-9,11,21H,2,10H2,1H3,(H,22,23)(H,24,25)/b16-3-. The summed E-state index contributed by atoms with van der Waals surface area (Å²) in [4.78, 5) is 34.6. The van der Waals surface area contributed by atoms with Gasteiger partial charge in [0.2, 0.25) is 0 Å². The second kappa shape index (κ2) is 7.74. The molecule has 2 aromatic rings. The smallest absolute Gasteiger partial charge is 0.337 e. The van der Waals surface area contributed by atoms with Crippen molar-refractivity contribution in [3.8, 4) is 0 Å². The number of aromatic carboxylic acids is 1. The topological polar surface area (TPSA) is 105 Å². The Morgan fingerprint density at radius 2 is 1.85 bits per heavy atom. The SMILES string of the molecule is COC(=O)c1ccc2c(c1)NC(=O)/C2=C\CCNc1ccc(C(=O)O)cc1. The van der Waals surface area contributed by atoms with Gasteiger partial charge in [0.05, 0.1) is 18.2 Å². The summed E-state index contributed by atoms with van der Waals surface area (Å²) >= 11 is 0. The van der Waals surface area contributed by atoms with E-state index in [0.717, 1.165) is 11.3 Å². The van der Waals surface area contributed by atoms with Gasteiger partial charge < -0.3 is 20.5 Å². The van der Waals surface area contributed by atoms with Gasteiger partial charge in [-0.2, -0.15) is 0 Å². The molecule has 1 amide bonds. The lowest BCUT2D eigenvalue weighted by atomic mass is 10.0. The van der Waals surface area contributed by atoms with Gasteiger partial charge >= 0.3 is 11.9 Å². The summed E-state index contributed by atoms with van der Waals surface area (Å²) in [5.41, 5.74) is 3.31. The van der Waals surface area contributed by atoms with Crippen LogP contribution in [0, 0.1) is 0 Å². The fraction of sp³-hybridized carbons (Fsp3) is 0.150. The van der Waals surface area contributed by atoms with Gasteiger partial charge in [-0.15, -0.1) is 0 Å². The maximum Gasteiger partial charge on any atom is 0.337 e. The molecule has 0 saturated carbocycles. The first-order valence-corrected chi connectivity index (χ1v) is 8.31. The molecule has 1 heterocycles. The van der Waals surface area contributed by atoms with E-state index < -0.39 is 11.9 Å². The molecule has 0 bridgehead atoms. The number of esters is 1. The maximum absolute atomic E-state index is 12.2. The lowest BCUT2D eigenvalue weighted by Gasteiger charge is -2.05. The molecule has 0 fully saturated rings. The summed E-state index contributed by atoms with van der Waals surface area (Å²) in [6, 6.07) is 11.4. The molecule has 1 aliphatic rings. The van der Waals surface area contributed by atoms with Crippen molar-refractivity contribution in [3.63, 3.8) is 0 Å². The van der Waals surface area contributed by atoms with Crippen molar-refractivity contribution in [3.05, 3.63) is 65.2 Å². The molecule has 138 valence electrons. The number of carboxylic acid groups (broad SMARTS) is 1. The quantitative estimate of drug-likeness (QED) is 0.412. The largest absolute Gasteiger partial charge is 0.478 e. The molecule has 7 heteroatoms. The molecule has 0 radical (unpaired) electrons. The maximum atomic E-state index is 12.2. The van der Waals surface area contributed by atoms with Gasteiger partial charge in [-0.1, -0.05) is 12.1 Å². The summed E-state index contributed by atoms with van der Waals surface area (Å²) < 4.78 is 4.68. The molecule has 27 heavy (non-hydrogen) atoms. The zero-order valence-corrected chi connectivity index (χ0v) is 14.6. The third kappa shape index (κ3) is 3.98. The first-order chi connectivity index (χ1) is 13.0. The van der Waals surface area contributed by atoms with E-state index in [4.69, 9.17) is 5.11 Å².